The van der Waals surface area contributed by atoms with Gasteiger partial charge in [0.1, 0.15) is 0 Å². The number of benzene rings is 1. The van der Waals surface area contributed by atoms with E-state index in [2.05, 4.69) is 25.3 Å². The monoisotopic (exact) mass is 352 g/mol. The smallest absolute Gasteiger partial charge is 0.255 e. The van der Waals surface area contributed by atoms with Crippen molar-refractivity contribution < 1.29 is 9.59 Å². The van der Waals surface area contributed by atoms with Crippen molar-refractivity contribution in [2.75, 3.05) is 13.1 Å². The summed E-state index contributed by atoms with van der Waals surface area (Å²) in [5.74, 6) is 0.316. The lowest BCUT2D eigenvalue weighted by Gasteiger charge is -2.31. The molecular weight excluding hydrogens is 324 g/mol. The van der Waals surface area contributed by atoms with E-state index in [1.165, 1.54) is 0 Å². The third-order valence-electron chi connectivity index (χ3n) is 5.44. The lowest BCUT2D eigenvalue weighted by Crippen LogP contribution is -2.40. The fourth-order valence-corrected chi connectivity index (χ4v) is 4.14. The molecule has 2 aromatic rings. The number of aryl methyl sites for hydroxylation is 1. The van der Waals surface area contributed by atoms with Crippen molar-refractivity contribution in [2.24, 2.45) is 5.92 Å². The highest BCUT2D eigenvalue weighted by molar-refractivity contribution is 5.98. The molecule has 1 amide bonds. The van der Waals surface area contributed by atoms with Gasteiger partial charge in [-0.05, 0) is 46.6 Å². The zero-order valence-electron chi connectivity index (χ0n) is 16.2. The summed E-state index contributed by atoms with van der Waals surface area (Å²) in [6.45, 7) is 9.63. The second-order valence-electron chi connectivity index (χ2n) is 7.55. The van der Waals surface area contributed by atoms with E-state index >= 15 is 0 Å². The van der Waals surface area contributed by atoms with Crippen LogP contribution in [0.2, 0.25) is 0 Å². The molecular formula is C22H28N2O2. The van der Waals surface area contributed by atoms with E-state index in [0.29, 0.717) is 19.1 Å². The van der Waals surface area contributed by atoms with Gasteiger partial charge in [0.25, 0.3) is 5.91 Å². The van der Waals surface area contributed by atoms with Crippen LogP contribution in [0.15, 0.2) is 36.4 Å². The van der Waals surface area contributed by atoms with Crippen LogP contribution in [0, 0.1) is 19.8 Å². The molecule has 4 heteroatoms. The number of aromatic nitrogens is 1. The molecule has 4 nitrogen and oxygen atoms in total. The number of piperidine rings is 1. The molecule has 0 atom stereocenters. The summed E-state index contributed by atoms with van der Waals surface area (Å²) in [4.78, 5) is 27.5. The van der Waals surface area contributed by atoms with Crippen molar-refractivity contribution in [2.45, 2.75) is 46.6 Å². The lowest BCUT2D eigenvalue weighted by molar-refractivity contribution is 0.0649. The first-order chi connectivity index (χ1) is 12.4. The van der Waals surface area contributed by atoms with Gasteiger partial charge in [-0.15, -0.1) is 0 Å². The van der Waals surface area contributed by atoms with Gasteiger partial charge in [-0.3, -0.25) is 9.59 Å². The molecule has 2 heterocycles. The van der Waals surface area contributed by atoms with Crippen LogP contribution in [0.5, 0.6) is 0 Å². The number of amides is 1. The van der Waals surface area contributed by atoms with Crippen molar-refractivity contribution in [1.29, 1.82) is 0 Å². The van der Waals surface area contributed by atoms with E-state index in [4.69, 9.17) is 0 Å². The molecule has 0 aliphatic carbocycles. The van der Waals surface area contributed by atoms with Crippen LogP contribution >= 0.6 is 0 Å². The molecule has 1 aromatic heterocycles. The van der Waals surface area contributed by atoms with Gasteiger partial charge in [0.15, 0.2) is 5.78 Å². The van der Waals surface area contributed by atoms with E-state index in [-0.39, 0.29) is 17.6 Å². The van der Waals surface area contributed by atoms with Gasteiger partial charge in [0.2, 0.25) is 0 Å². The highest BCUT2D eigenvalue weighted by atomic mass is 16.2. The summed E-state index contributed by atoms with van der Waals surface area (Å²) in [6.07, 6.45) is 1.48. The summed E-state index contributed by atoms with van der Waals surface area (Å²) in [6, 6.07) is 11.8. The number of nitrogens with zero attached hydrogens (tertiary/aromatic N) is 2. The molecule has 1 saturated heterocycles. The molecule has 0 spiro atoms. The Hall–Kier alpha value is -2.36. The summed E-state index contributed by atoms with van der Waals surface area (Å²) in [5, 5.41) is 0. The minimum absolute atomic E-state index is 0.0181. The van der Waals surface area contributed by atoms with Gasteiger partial charge >= 0.3 is 0 Å². The van der Waals surface area contributed by atoms with Crippen LogP contribution in [0.4, 0.5) is 0 Å². The molecule has 1 fully saturated rings. The average molecular weight is 352 g/mol. The van der Waals surface area contributed by atoms with Crippen molar-refractivity contribution >= 4 is 11.7 Å². The van der Waals surface area contributed by atoms with Crippen LogP contribution in [0.1, 0.15) is 64.8 Å². The molecule has 3 rings (SSSR count). The van der Waals surface area contributed by atoms with E-state index in [1.54, 1.807) is 0 Å². The number of Topliss-reactive ketones (excluding diaryl/α,β-unsaturated/α-hetero) is 1. The molecule has 0 bridgehead atoms. The van der Waals surface area contributed by atoms with Gasteiger partial charge in [-0.25, -0.2) is 0 Å². The first kappa shape index (κ1) is 18.4. The van der Waals surface area contributed by atoms with E-state index in [9.17, 15) is 9.59 Å². The fraction of sp³-hybridized carbons (Fsp3) is 0.455. The van der Waals surface area contributed by atoms with E-state index < -0.39 is 0 Å². The van der Waals surface area contributed by atoms with Crippen LogP contribution in [0.3, 0.4) is 0 Å². The van der Waals surface area contributed by atoms with Gasteiger partial charge in [-0.2, -0.15) is 0 Å². The first-order valence-electron chi connectivity index (χ1n) is 9.47. The second kappa shape index (κ2) is 7.48. The maximum absolute atomic E-state index is 13.0. The van der Waals surface area contributed by atoms with Gasteiger partial charge in [0, 0.05) is 42.0 Å². The maximum atomic E-state index is 13.0. The Kier molecular flexibility index (Phi) is 5.30. The van der Waals surface area contributed by atoms with Crippen LogP contribution in [-0.4, -0.2) is 34.2 Å². The largest absolute Gasteiger partial charge is 0.346 e. The van der Waals surface area contributed by atoms with Gasteiger partial charge < -0.3 is 9.47 Å². The first-order valence-corrected chi connectivity index (χ1v) is 9.47. The number of hydrogen-bond acceptors (Lipinski definition) is 2. The van der Waals surface area contributed by atoms with Crippen molar-refractivity contribution in [3.8, 4) is 0 Å². The van der Waals surface area contributed by atoms with Crippen molar-refractivity contribution in [3.63, 3.8) is 0 Å². The average Bonchev–Trinajstić information content (AvgIpc) is 2.95. The summed E-state index contributed by atoms with van der Waals surface area (Å²) >= 11 is 0. The van der Waals surface area contributed by atoms with Gasteiger partial charge in [0.05, 0.1) is 5.56 Å². The maximum Gasteiger partial charge on any atom is 0.255 e. The molecule has 26 heavy (non-hydrogen) atoms. The van der Waals surface area contributed by atoms with Crippen LogP contribution in [-0.2, 0) is 0 Å². The second-order valence-corrected chi connectivity index (χ2v) is 7.55. The fourth-order valence-electron chi connectivity index (χ4n) is 4.14. The Labute approximate surface area is 155 Å². The highest BCUT2D eigenvalue weighted by Gasteiger charge is 2.29. The number of carbonyl (C=O) groups is 2. The molecule has 1 aliphatic rings. The SMILES string of the molecule is Cc1cc(C(=O)N2CCC(C(=O)c3ccccc3)CC2)c(C)n1C(C)C. The number of hydrogen-bond donors (Lipinski definition) is 0. The third kappa shape index (κ3) is 3.46. The Balaban J connectivity index is 1.68. The van der Waals surface area contributed by atoms with Crippen molar-refractivity contribution in [3.05, 3.63) is 58.9 Å². The summed E-state index contributed by atoms with van der Waals surface area (Å²) < 4.78 is 2.21. The molecule has 1 aliphatic heterocycles. The zero-order chi connectivity index (χ0) is 18.8. The molecule has 1 aromatic carbocycles. The quantitative estimate of drug-likeness (QED) is 0.764. The molecule has 0 N–H and O–H groups in total. The summed E-state index contributed by atoms with van der Waals surface area (Å²) in [7, 11) is 0. The predicted octanol–water partition coefficient (Wildman–Crippen LogP) is 4.42. The number of likely N-dealkylation sites (tertiary alicyclic amines) is 1. The molecule has 0 radical (unpaired) electrons. The predicted molar refractivity (Wildman–Crippen MR) is 104 cm³/mol. The Morgan fingerprint density at radius 1 is 1.04 bits per heavy atom. The Bertz CT molecular complexity index is 797. The van der Waals surface area contributed by atoms with E-state index in [0.717, 1.165) is 35.4 Å². The lowest BCUT2D eigenvalue weighted by atomic mass is 9.88. The number of rotatable bonds is 4. The summed E-state index contributed by atoms with van der Waals surface area (Å²) in [5.41, 5.74) is 3.72. The van der Waals surface area contributed by atoms with Gasteiger partial charge in [-0.1, -0.05) is 30.3 Å². The third-order valence-corrected chi connectivity index (χ3v) is 5.44. The van der Waals surface area contributed by atoms with Crippen molar-refractivity contribution in [1.82, 2.24) is 9.47 Å². The number of ketones is 1. The molecule has 0 saturated carbocycles. The van der Waals surface area contributed by atoms with Crippen LogP contribution < -0.4 is 0 Å². The normalized spacial score (nSPS) is 15.5. The van der Waals surface area contributed by atoms with Crippen LogP contribution in [0.25, 0.3) is 0 Å². The molecule has 0 unspecified atom stereocenters. The topological polar surface area (TPSA) is 42.3 Å². The molecule has 138 valence electrons. The Morgan fingerprint density at radius 3 is 2.19 bits per heavy atom. The zero-order valence-corrected chi connectivity index (χ0v) is 16.2. The number of carbonyl (C=O) groups excluding carboxylic acids is 2. The standard InChI is InChI=1S/C22H28N2O2/c1-15(2)24-16(3)14-20(17(24)4)22(26)23-12-10-19(11-13-23)21(25)18-8-6-5-7-9-18/h5-9,14-15,19H,10-13H2,1-4H3. The minimum Gasteiger partial charge on any atom is -0.346 e. The van der Waals surface area contributed by atoms with E-state index in [1.807, 2.05) is 48.2 Å². The Morgan fingerprint density at radius 2 is 1.65 bits per heavy atom. The highest BCUT2D eigenvalue weighted by Crippen LogP contribution is 2.26. The minimum atomic E-state index is 0.0181.